The fraction of sp³-hybridized carbons (Fsp3) is 0.667. The second-order valence-electron chi connectivity index (χ2n) is 5.46. The highest BCUT2D eigenvalue weighted by Gasteiger charge is 2.30. The molecule has 3 unspecified atom stereocenters. The molecule has 1 aromatic rings. The van der Waals surface area contributed by atoms with E-state index in [9.17, 15) is 0 Å². The quantitative estimate of drug-likeness (QED) is 0.861. The fourth-order valence-electron chi connectivity index (χ4n) is 3.07. The minimum atomic E-state index is 0.695. The highest BCUT2D eigenvalue weighted by molar-refractivity contribution is 5.16. The molecule has 2 heteroatoms. The van der Waals surface area contributed by atoms with Crippen LogP contribution in [0.25, 0.3) is 0 Å². The van der Waals surface area contributed by atoms with Crippen LogP contribution in [0.5, 0.6) is 0 Å². The Hall–Kier alpha value is -0.890. The molecule has 0 amide bonds. The van der Waals surface area contributed by atoms with E-state index >= 15 is 0 Å². The molecule has 1 aliphatic rings. The zero-order chi connectivity index (χ0) is 12.3. The molecule has 0 aromatic carbocycles. The Morgan fingerprint density at radius 2 is 2.18 bits per heavy atom. The van der Waals surface area contributed by atoms with Crippen LogP contribution in [0.2, 0.25) is 0 Å². The van der Waals surface area contributed by atoms with Crippen LogP contribution in [0.1, 0.15) is 44.2 Å². The lowest BCUT2D eigenvalue weighted by Gasteiger charge is -2.21. The van der Waals surface area contributed by atoms with E-state index in [1.54, 1.807) is 0 Å². The van der Waals surface area contributed by atoms with Gasteiger partial charge in [-0.25, -0.2) is 0 Å². The molecule has 0 aliphatic heterocycles. The first-order valence-electron chi connectivity index (χ1n) is 6.84. The maximum atomic E-state index is 4.24. The van der Waals surface area contributed by atoms with Gasteiger partial charge < -0.3 is 5.32 Å². The molecule has 1 aliphatic carbocycles. The largest absolute Gasteiger partial charge is 0.310 e. The second kappa shape index (κ2) is 5.63. The molecule has 1 N–H and O–H groups in total. The van der Waals surface area contributed by atoms with Gasteiger partial charge in [0.2, 0.25) is 0 Å². The second-order valence-corrected chi connectivity index (χ2v) is 5.46. The van der Waals surface area contributed by atoms with Gasteiger partial charge in [-0.2, -0.15) is 0 Å². The van der Waals surface area contributed by atoms with Gasteiger partial charge in [0.05, 0.1) is 0 Å². The van der Waals surface area contributed by atoms with Gasteiger partial charge in [-0.1, -0.05) is 26.3 Å². The lowest BCUT2D eigenvalue weighted by Crippen LogP contribution is -2.32. The van der Waals surface area contributed by atoms with Crippen molar-refractivity contribution in [1.82, 2.24) is 10.3 Å². The molecular formula is C15H24N2. The van der Waals surface area contributed by atoms with Crippen molar-refractivity contribution in [2.75, 3.05) is 0 Å². The molecule has 94 valence electrons. The molecule has 0 radical (unpaired) electrons. The summed E-state index contributed by atoms with van der Waals surface area (Å²) in [4.78, 5) is 4.24. The van der Waals surface area contributed by atoms with E-state index in [1.165, 1.54) is 30.4 Å². The molecule has 2 rings (SSSR count). The number of nitrogens with zero attached hydrogens (tertiary/aromatic N) is 1. The summed E-state index contributed by atoms with van der Waals surface area (Å²) >= 11 is 0. The van der Waals surface area contributed by atoms with Crippen molar-refractivity contribution >= 4 is 0 Å². The molecule has 17 heavy (non-hydrogen) atoms. The van der Waals surface area contributed by atoms with Gasteiger partial charge in [0.1, 0.15) is 0 Å². The minimum absolute atomic E-state index is 0.695. The first-order chi connectivity index (χ1) is 8.20. The standard InChI is InChI=1S/C15H24N2/c1-4-14-5-6-15(12(14)3)17-10-13-7-11(2)8-16-9-13/h7-9,12,14-15,17H,4-6,10H2,1-3H3. The average molecular weight is 232 g/mol. The van der Waals surface area contributed by atoms with E-state index in [0.29, 0.717) is 6.04 Å². The maximum Gasteiger partial charge on any atom is 0.0313 e. The average Bonchev–Trinajstić information content (AvgIpc) is 2.67. The van der Waals surface area contributed by atoms with Crippen molar-refractivity contribution < 1.29 is 0 Å². The zero-order valence-corrected chi connectivity index (χ0v) is 11.2. The number of rotatable bonds is 4. The molecule has 0 saturated heterocycles. The number of nitrogens with one attached hydrogen (secondary N) is 1. The van der Waals surface area contributed by atoms with Crippen LogP contribution < -0.4 is 5.32 Å². The maximum absolute atomic E-state index is 4.24. The summed E-state index contributed by atoms with van der Waals surface area (Å²) in [6, 6.07) is 2.91. The summed E-state index contributed by atoms with van der Waals surface area (Å²) < 4.78 is 0. The van der Waals surface area contributed by atoms with Gasteiger partial charge in [-0.15, -0.1) is 0 Å². The van der Waals surface area contributed by atoms with Crippen molar-refractivity contribution in [3.63, 3.8) is 0 Å². The number of aromatic nitrogens is 1. The van der Waals surface area contributed by atoms with Gasteiger partial charge >= 0.3 is 0 Å². The van der Waals surface area contributed by atoms with Crippen molar-refractivity contribution in [2.24, 2.45) is 11.8 Å². The monoisotopic (exact) mass is 232 g/mol. The topological polar surface area (TPSA) is 24.9 Å². The third kappa shape index (κ3) is 3.06. The highest BCUT2D eigenvalue weighted by Crippen LogP contribution is 2.33. The number of pyridine rings is 1. The molecule has 3 atom stereocenters. The van der Waals surface area contributed by atoms with Crippen LogP contribution in [0, 0.1) is 18.8 Å². The van der Waals surface area contributed by atoms with Gasteiger partial charge in [-0.05, 0) is 42.7 Å². The number of aryl methyl sites for hydroxylation is 1. The van der Waals surface area contributed by atoms with E-state index in [1.807, 2.05) is 12.4 Å². The lowest BCUT2D eigenvalue weighted by atomic mass is 9.93. The Bertz CT molecular complexity index is 362. The van der Waals surface area contributed by atoms with Crippen molar-refractivity contribution in [2.45, 2.75) is 52.6 Å². The van der Waals surface area contributed by atoms with E-state index in [4.69, 9.17) is 0 Å². The first-order valence-corrected chi connectivity index (χ1v) is 6.84. The molecule has 1 heterocycles. The Labute approximate surface area is 105 Å². The fourth-order valence-corrected chi connectivity index (χ4v) is 3.07. The normalized spacial score (nSPS) is 28.5. The molecule has 1 saturated carbocycles. The van der Waals surface area contributed by atoms with Crippen LogP contribution in [-0.4, -0.2) is 11.0 Å². The third-order valence-electron chi connectivity index (χ3n) is 4.25. The SMILES string of the molecule is CCC1CCC(NCc2cncc(C)c2)C1C. The summed E-state index contributed by atoms with van der Waals surface area (Å²) in [5.74, 6) is 1.74. The summed E-state index contributed by atoms with van der Waals surface area (Å²) in [5.41, 5.74) is 2.55. The van der Waals surface area contributed by atoms with Gasteiger partial charge in [0.25, 0.3) is 0 Å². The van der Waals surface area contributed by atoms with E-state index in [-0.39, 0.29) is 0 Å². The smallest absolute Gasteiger partial charge is 0.0313 e. The lowest BCUT2D eigenvalue weighted by molar-refractivity contribution is 0.344. The Balaban J connectivity index is 1.87. The van der Waals surface area contributed by atoms with Crippen LogP contribution in [-0.2, 0) is 6.54 Å². The highest BCUT2D eigenvalue weighted by atomic mass is 14.9. The van der Waals surface area contributed by atoms with Gasteiger partial charge in [0, 0.05) is 25.0 Å². The molecule has 1 aromatic heterocycles. The van der Waals surface area contributed by atoms with Crippen molar-refractivity contribution in [3.05, 3.63) is 29.6 Å². The van der Waals surface area contributed by atoms with Gasteiger partial charge in [0.15, 0.2) is 0 Å². The number of hydrogen-bond donors (Lipinski definition) is 1. The Morgan fingerprint density at radius 3 is 2.82 bits per heavy atom. The summed E-state index contributed by atoms with van der Waals surface area (Å²) in [6.07, 6.45) is 7.93. The van der Waals surface area contributed by atoms with Crippen LogP contribution in [0.3, 0.4) is 0 Å². The predicted molar refractivity (Wildman–Crippen MR) is 71.8 cm³/mol. The molecule has 0 spiro atoms. The summed E-state index contributed by atoms with van der Waals surface area (Å²) in [6.45, 7) is 7.77. The van der Waals surface area contributed by atoms with Crippen molar-refractivity contribution in [1.29, 1.82) is 0 Å². The molecular weight excluding hydrogens is 208 g/mol. The molecule has 1 fully saturated rings. The predicted octanol–water partition coefficient (Wildman–Crippen LogP) is 3.30. The Morgan fingerprint density at radius 1 is 1.35 bits per heavy atom. The zero-order valence-electron chi connectivity index (χ0n) is 11.2. The number of hydrogen-bond acceptors (Lipinski definition) is 2. The van der Waals surface area contributed by atoms with Gasteiger partial charge in [-0.3, -0.25) is 4.98 Å². The summed E-state index contributed by atoms with van der Waals surface area (Å²) in [5, 5.41) is 3.70. The van der Waals surface area contributed by atoms with E-state index in [2.05, 4.69) is 37.1 Å². The first kappa shape index (κ1) is 12.6. The Kier molecular flexibility index (Phi) is 4.16. The van der Waals surface area contributed by atoms with E-state index < -0.39 is 0 Å². The van der Waals surface area contributed by atoms with Crippen LogP contribution in [0.15, 0.2) is 18.5 Å². The van der Waals surface area contributed by atoms with Crippen LogP contribution in [0.4, 0.5) is 0 Å². The minimum Gasteiger partial charge on any atom is -0.310 e. The van der Waals surface area contributed by atoms with Crippen LogP contribution >= 0.6 is 0 Å². The molecule has 0 bridgehead atoms. The molecule has 2 nitrogen and oxygen atoms in total. The summed E-state index contributed by atoms with van der Waals surface area (Å²) in [7, 11) is 0. The van der Waals surface area contributed by atoms with E-state index in [0.717, 1.165) is 18.4 Å². The van der Waals surface area contributed by atoms with Crippen molar-refractivity contribution in [3.8, 4) is 0 Å². The third-order valence-corrected chi connectivity index (χ3v) is 4.25.